The molecule has 0 amide bonds. The summed E-state index contributed by atoms with van der Waals surface area (Å²) in [7, 11) is 2.95. The van der Waals surface area contributed by atoms with Crippen molar-refractivity contribution in [2.45, 2.75) is 6.67 Å². The van der Waals surface area contributed by atoms with Crippen LogP contribution < -0.4 is 15.0 Å². The number of halogens is 1. The molecule has 5 nitrogen and oxygen atoms in total. The molecule has 1 aromatic heterocycles. The molecule has 0 saturated carbocycles. The first kappa shape index (κ1) is 11.4. The van der Waals surface area contributed by atoms with Crippen molar-refractivity contribution in [2.24, 2.45) is 0 Å². The number of rotatable bonds is 3. The lowest BCUT2D eigenvalue weighted by atomic mass is 10.2. The topological polar surface area (TPSA) is 64.2 Å². The molecule has 0 aliphatic heterocycles. The summed E-state index contributed by atoms with van der Waals surface area (Å²) in [5.41, 5.74) is -0.0253. The van der Waals surface area contributed by atoms with Crippen molar-refractivity contribution in [3.05, 3.63) is 28.3 Å². The second kappa shape index (κ2) is 4.40. The van der Waals surface area contributed by atoms with Crippen LogP contribution in [-0.4, -0.2) is 24.2 Å². The molecule has 0 saturated heterocycles. The molecule has 0 radical (unpaired) electrons. The molecule has 0 spiro atoms. The predicted octanol–water partition coefficient (Wildman–Crippen LogP) is 1.41. The molecule has 2 rings (SSSR count). The van der Waals surface area contributed by atoms with Crippen LogP contribution in [0.2, 0.25) is 0 Å². The maximum atomic E-state index is 12.5. The first-order valence-corrected chi connectivity index (χ1v) is 4.90. The highest BCUT2D eigenvalue weighted by molar-refractivity contribution is 5.81. The molecule has 1 N–H and O–H groups in total. The number of ether oxygens (including phenoxy) is 2. The van der Waals surface area contributed by atoms with Gasteiger partial charge in [0.2, 0.25) is 0 Å². The second-order valence-electron chi connectivity index (χ2n) is 3.37. The number of H-pyrrole nitrogens is 1. The molecule has 0 unspecified atom stereocenters. The van der Waals surface area contributed by atoms with E-state index in [-0.39, 0.29) is 5.82 Å². The number of fused-ring (bicyclic) bond motifs is 1. The number of alkyl halides is 1. The lowest BCUT2D eigenvalue weighted by molar-refractivity contribution is 0.355. The Morgan fingerprint density at radius 3 is 2.53 bits per heavy atom. The van der Waals surface area contributed by atoms with E-state index in [1.165, 1.54) is 20.3 Å². The molecule has 1 aromatic carbocycles. The zero-order valence-electron chi connectivity index (χ0n) is 9.41. The smallest absolute Gasteiger partial charge is 0.258 e. The molecule has 17 heavy (non-hydrogen) atoms. The second-order valence-corrected chi connectivity index (χ2v) is 3.37. The summed E-state index contributed by atoms with van der Waals surface area (Å²) >= 11 is 0. The van der Waals surface area contributed by atoms with E-state index in [2.05, 4.69) is 9.97 Å². The molecular weight excluding hydrogens is 227 g/mol. The van der Waals surface area contributed by atoms with Crippen LogP contribution in [0.3, 0.4) is 0 Å². The van der Waals surface area contributed by atoms with Gasteiger partial charge in [-0.15, -0.1) is 0 Å². The van der Waals surface area contributed by atoms with Crippen molar-refractivity contribution in [1.82, 2.24) is 9.97 Å². The molecule has 0 atom stereocenters. The van der Waals surface area contributed by atoms with Crippen LogP contribution in [0.5, 0.6) is 11.5 Å². The van der Waals surface area contributed by atoms with Gasteiger partial charge in [0.25, 0.3) is 5.56 Å². The first-order chi connectivity index (χ1) is 8.19. The van der Waals surface area contributed by atoms with E-state index in [0.717, 1.165) is 0 Å². The average Bonchev–Trinajstić information content (AvgIpc) is 2.36. The molecule has 2 aromatic rings. The number of methoxy groups -OCH3 is 2. The van der Waals surface area contributed by atoms with Crippen LogP contribution in [0.25, 0.3) is 10.9 Å². The van der Waals surface area contributed by atoms with Crippen molar-refractivity contribution in [3.8, 4) is 11.5 Å². The van der Waals surface area contributed by atoms with Gasteiger partial charge in [0.05, 0.1) is 25.1 Å². The number of hydrogen-bond acceptors (Lipinski definition) is 4. The highest BCUT2D eigenvalue weighted by Crippen LogP contribution is 2.29. The lowest BCUT2D eigenvalue weighted by Gasteiger charge is -2.08. The normalized spacial score (nSPS) is 10.5. The third-order valence-electron chi connectivity index (χ3n) is 2.39. The molecule has 0 fully saturated rings. The van der Waals surface area contributed by atoms with E-state index in [0.29, 0.717) is 22.4 Å². The number of aromatic nitrogens is 2. The number of aromatic amines is 1. The summed E-state index contributed by atoms with van der Waals surface area (Å²) in [4.78, 5) is 18.0. The van der Waals surface area contributed by atoms with Crippen molar-refractivity contribution < 1.29 is 13.9 Å². The van der Waals surface area contributed by atoms with Crippen molar-refractivity contribution in [3.63, 3.8) is 0 Å². The van der Waals surface area contributed by atoms with Gasteiger partial charge in [-0.25, -0.2) is 9.37 Å². The molecule has 0 aliphatic rings. The number of nitrogens with zero attached hydrogens (tertiary/aromatic N) is 1. The number of nitrogens with one attached hydrogen (secondary N) is 1. The maximum Gasteiger partial charge on any atom is 0.258 e. The average molecular weight is 238 g/mol. The van der Waals surface area contributed by atoms with E-state index < -0.39 is 12.2 Å². The minimum Gasteiger partial charge on any atom is -0.493 e. The Balaban J connectivity index is 2.78. The Kier molecular flexibility index (Phi) is 2.95. The van der Waals surface area contributed by atoms with Crippen molar-refractivity contribution in [2.75, 3.05) is 14.2 Å². The summed E-state index contributed by atoms with van der Waals surface area (Å²) < 4.78 is 22.6. The van der Waals surface area contributed by atoms with Crippen LogP contribution in [0.4, 0.5) is 4.39 Å². The van der Waals surface area contributed by atoms with E-state index in [1.807, 2.05) is 0 Å². The van der Waals surface area contributed by atoms with Crippen LogP contribution >= 0.6 is 0 Å². The third-order valence-corrected chi connectivity index (χ3v) is 2.39. The fourth-order valence-corrected chi connectivity index (χ4v) is 1.58. The minimum absolute atomic E-state index is 0.00489. The Bertz CT molecular complexity index is 609. The SMILES string of the molecule is COc1cc2nc(CF)[nH]c(=O)c2cc1OC. The highest BCUT2D eigenvalue weighted by atomic mass is 19.1. The molecule has 1 heterocycles. The monoisotopic (exact) mass is 238 g/mol. The van der Waals surface area contributed by atoms with Gasteiger partial charge in [-0.3, -0.25) is 4.79 Å². The van der Waals surface area contributed by atoms with Gasteiger partial charge >= 0.3 is 0 Å². The molecule has 0 bridgehead atoms. The van der Waals surface area contributed by atoms with Crippen molar-refractivity contribution >= 4 is 10.9 Å². The first-order valence-electron chi connectivity index (χ1n) is 4.90. The zero-order chi connectivity index (χ0) is 12.4. The Hall–Kier alpha value is -2.11. The summed E-state index contributed by atoms with van der Waals surface area (Å²) in [6.07, 6.45) is 0. The van der Waals surface area contributed by atoms with Crippen LogP contribution in [0, 0.1) is 0 Å². The maximum absolute atomic E-state index is 12.5. The van der Waals surface area contributed by atoms with Gasteiger partial charge in [-0.1, -0.05) is 0 Å². The predicted molar refractivity (Wildman–Crippen MR) is 60.3 cm³/mol. The summed E-state index contributed by atoms with van der Waals surface area (Å²) in [5, 5.41) is 0.333. The van der Waals surface area contributed by atoms with Gasteiger partial charge in [0.15, 0.2) is 11.5 Å². The third kappa shape index (κ3) is 1.93. The van der Waals surface area contributed by atoms with Gasteiger partial charge in [-0.2, -0.15) is 0 Å². The largest absolute Gasteiger partial charge is 0.493 e. The van der Waals surface area contributed by atoms with Gasteiger partial charge in [0.1, 0.15) is 12.5 Å². The van der Waals surface area contributed by atoms with Gasteiger partial charge in [0, 0.05) is 6.07 Å². The van der Waals surface area contributed by atoms with E-state index >= 15 is 0 Å². The minimum atomic E-state index is -0.820. The Morgan fingerprint density at radius 2 is 1.94 bits per heavy atom. The molecular formula is C11H11FN2O3. The summed E-state index contributed by atoms with van der Waals surface area (Å²) in [6.45, 7) is -0.820. The van der Waals surface area contributed by atoms with Gasteiger partial charge in [-0.05, 0) is 6.07 Å². The molecule has 6 heteroatoms. The van der Waals surface area contributed by atoms with E-state index in [1.54, 1.807) is 6.07 Å². The molecule has 90 valence electrons. The summed E-state index contributed by atoms with van der Waals surface area (Å²) in [5.74, 6) is 0.873. The summed E-state index contributed by atoms with van der Waals surface area (Å²) in [6, 6.07) is 3.06. The van der Waals surface area contributed by atoms with Crippen LogP contribution in [0.15, 0.2) is 16.9 Å². The Labute approximate surface area is 96.2 Å². The van der Waals surface area contributed by atoms with Crippen LogP contribution in [-0.2, 0) is 6.67 Å². The lowest BCUT2D eigenvalue weighted by Crippen LogP contribution is -2.11. The number of hydrogen-bond donors (Lipinski definition) is 1. The fourth-order valence-electron chi connectivity index (χ4n) is 1.58. The zero-order valence-corrected chi connectivity index (χ0v) is 9.41. The van der Waals surface area contributed by atoms with Crippen molar-refractivity contribution in [1.29, 1.82) is 0 Å². The fraction of sp³-hybridized carbons (Fsp3) is 0.273. The van der Waals surface area contributed by atoms with E-state index in [4.69, 9.17) is 9.47 Å². The van der Waals surface area contributed by atoms with E-state index in [9.17, 15) is 9.18 Å². The standard InChI is InChI=1S/C11H11FN2O3/c1-16-8-3-6-7(4-9(8)17-2)13-10(5-12)14-11(6)15/h3-4H,5H2,1-2H3,(H,13,14,15). The molecule has 0 aliphatic carbocycles. The number of benzene rings is 1. The van der Waals surface area contributed by atoms with Crippen LogP contribution in [0.1, 0.15) is 5.82 Å². The quantitative estimate of drug-likeness (QED) is 0.878. The highest BCUT2D eigenvalue weighted by Gasteiger charge is 2.10. The Morgan fingerprint density at radius 1 is 1.29 bits per heavy atom. The van der Waals surface area contributed by atoms with Gasteiger partial charge < -0.3 is 14.5 Å².